The fraction of sp³-hybridized carbons (Fsp3) is 0.233. The fourth-order valence-corrected chi connectivity index (χ4v) is 4.18. The van der Waals surface area contributed by atoms with Gasteiger partial charge in [-0.15, -0.1) is 0 Å². The maximum Gasteiger partial charge on any atom is 0.0739 e. The van der Waals surface area contributed by atoms with E-state index in [0.717, 1.165) is 36.1 Å². The number of benzene rings is 3. The summed E-state index contributed by atoms with van der Waals surface area (Å²) in [5.74, 6) is 6.67. The number of fused-ring (bicyclic) bond motifs is 1. The van der Waals surface area contributed by atoms with E-state index in [1.807, 2.05) is 12.1 Å². The summed E-state index contributed by atoms with van der Waals surface area (Å²) in [5.41, 5.74) is 9.65. The maximum absolute atomic E-state index is 4.68. The predicted molar refractivity (Wildman–Crippen MR) is 139 cm³/mol. The molecule has 0 aliphatic heterocycles. The normalized spacial score (nSPS) is 12.1. The molecule has 0 radical (unpaired) electrons. The number of thiocarbonyl (C=S) groups is 1. The van der Waals surface area contributed by atoms with E-state index >= 15 is 0 Å². The summed E-state index contributed by atoms with van der Waals surface area (Å²) < 4.78 is 0. The van der Waals surface area contributed by atoms with E-state index in [-0.39, 0.29) is 0 Å². The number of nitrogens with zero attached hydrogens (tertiary/aromatic N) is 1. The van der Waals surface area contributed by atoms with Gasteiger partial charge in [-0.2, -0.15) is 4.99 Å². The minimum absolute atomic E-state index is 0.843. The van der Waals surface area contributed by atoms with Crippen LogP contribution in [0.4, 0.5) is 5.69 Å². The second kappa shape index (κ2) is 10.9. The SMILES string of the molecule is CCCCCc1ccc(C#Cc2ccc3c(c2)CCC(c2ccc(N=C=S)cc2)=C3)cc1. The number of aryl methyl sites for hydroxylation is 2. The molecule has 0 unspecified atom stereocenters. The second-order valence-corrected chi connectivity index (χ2v) is 8.42. The minimum atomic E-state index is 0.843. The number of isothiocyanates is 1. The lowest BCUT2D eigenvalue weighted by atomic mass is 9.88. The smallest absolute Gasteiger partial charge is 0.0739 e. The van der Waals surface area contributed by atoms with Gasteiger partial charge in [0.2, 0.25) is 0 Å². The van der Waals surface area contributed by atoms with E-state index in [0.29, 0.717) is 0 Å². The first-order valence-electron chi connectivity index (χ1n) is 11.4. The van der Waals surface area contributed by atoms with Crippen molar-refractivity contribution in [2.24, 2.45) is 4.99 Å². The molecule has 0 spiro atoms. The summed E-state index contributed by atoms with van der Waals surface area (Å²) in [4.78, 5) is 4.03. The van der Waals surface area contributed by atoms with Crippen molar-refractivity contribution in [2.75, 3.05) is 0 Å². The number of aliphatic imine (C=N–C) groups is 1. The van der Waals surface area contributed by atoms with Gasteiger partial charge in [-0.3, -0.25) is 0 Å². The van der Waals surface area contributed by atoms with Crippen LogP contribution in [-0.2, 0) is 12.8 Å². The third kappa shape index (κ3) is 5.71. The van der Waals surface area contributed by atoms with Crippen LogP contribution < -0.4 is 0 Å². The highest BCUT2D eigenvalue weighted by molar-refractivity contribution is 7.78. The van der Waals surface area contributed by atoms with E-state index in [4.69, 9.17) is 0 Å². The summed E-state index contributed by atoms with van der Waals surface area (Å²) in [5, 5.41) is 2.42. The lowest BCUT2D eigenvalue weighted by Crippen LogP contribution is -1.99. The summed E-state index contributed by atoms with van der Waals surface area (Å²) in [6.45, 7) is 2.24. The Labute approximate surface area is 196 Å². The average molecular weight is 434 g/mol. The van der Waals surface area contributed by atoms with Gasteiger partial charge in [-0.1, -0.05) is 68.0 Å². The lowest BCUT2D eigenvalue weighted by molar-refractivity contribution is 0.717. The topological polar surface area (TPSA) is 12.4 Å². The molecule has 0 heterocycles. The maximum atomic E-state index is 4.68. The number of hydrogen-bond acceptors (Lipinski definition) is 2. The molecular weight excluding hydrogens is 406 g/mol. The quantitative estimate of drug-likeness (QED) is 0.166. The van der Waals surface area contributed by atoms with Crippen molar-refractivity contribution in [1.29, 1.82) is 0 Å². The van der Waals surface area contributed by atoms with Crippen molar-refractivity contribution in [3.8, 4) is 11.8 Å². The van der Waals surface area contributed by atoms with Crippen LogP contribution in [0.2, 0.25) is 0 Å². The van der Waals surface area contributed by atoms with Crippen LogP contribution in [-0.4, -0.2) is 5.16 Å². The van der Waals surface area contributed by atoms with Crippen LogP contribution in [0.3, 0.4) is 0 Å². The number of rotatable bonds is 6. The molecule has 3 aromatic carbocycles. The molecule has 0 saturated carbocycles. The van der Waals surface area contributed by atoms with Crippen LogP contribution in [0, 0.1) is 11.8 Å². The molecular formula is C30H27NS. The summed E-state index contributed by atoms with van der Waals surface area (Å²) >= 11 is 4.68. The highest BCUT2D eigenvalue weighted by Gasteiger charge is 2.12. The van der Waals surface area contributed by atoms with Gasteiger partial charge in [-0.25, -0.2) is 0 Å². The molecule has 1 nitrogen and oxygen atoms in total. The monoisotopic (exact) mass is 433 g/mol. The van der Waals surface area contributed by atoms with Gasteiger partial charge in [0.1, 0.15) is 0 Å². The highest BCUT2D eigenvalue weighted by Crippen LogP contribution is 2.31. The van der Waals surface area contributed by atoms with Crippen LogP contribution >= 0.6 is 12.2 Å². The zero-order valence-electron chi connectivity index (χ0n) is 18.5. The van der Waals surface area contributed by atoms with Crippen molar-refractivity contribution in [3.63, 3.8) is 0 Å². The zero-order chi connectivity index (χ0) is 22.2. The Balaban J connectivity index is 1.46. The molecule has 0 saturated heterocycles. The largest absolute Gasteiger partial charge is 0.195 e. The Hall–Kier alpha value is -3.24. The van der Waals surface area contributed by atoms with E-state index in [2.05, 4.69) is 102 Å². The third-order valence-electron chi connectivity index (χ3n) is 5.92. The fourth-order valence-electron chi connectivity index (χ4n) is 4.08. The van der Waals surface area contributed by atoms with Gasteiger partial charge < -0.3 is 0 Å². The Morgan fingerprint density at radius 3 is 2.34 bits per heavy atom. The minimum Gasteiger partial charge on any atom is -0.195 e. The predicted octanol–water partition coefficient (Wildman–Crippen LogP) is 8.04. The van der Waals surface area contributed by atoms with Gasteiger partial charge in [-0.05, 0) is 102 Å². The molecule has 158 valence electrons. The number of allylic oxidation sites excluding steroid dienone is 1. The summed E-state index contributed by atoms with van der Waals surface area (Å²) in [6.07, 6.45) is 9.34. The van der Waals surface area contributed by atoms with Crippen molar-refractivity contribution in [2.45, 2.75) is 45.4 Å². The first kappa shape index (κ1) is 22.0. The molecule has 32 heavy (non-hydrogen) atoms. The zero-order valence-corrected chi connectivity index (χ0v) is 19.3. The van der Waals surface area contributed by atoms with Gasteiger partial charge in [0.25, 0.3) is 0 Å². The molecule has 0 N–H and O–H groups in total. The van der Waals surface area contributed by atoms with Gasteiger partial charge in [0.05, 0.1) is 10.8 Å². The van der Waals surface area contributed by atoms with Crippen LogP contribution in [0.15, 0.2) is 71.7 Å². The van der Waals surface area contributed by atoms with Crippen LogP contribution in [0.5, 0.6) is 0 Å². The van der Waals surface area contributed by atoms with Crippen LogP contribution in [0.1, 0.15) is 66.0 Å². The Morgan fingerprint density at radius 2 is 1.59 bits per heavy atom. The van der Waals surface area contributed by atoms with E-state index < -0.39 is 0 Å². The lowest BCUT2D eigenvalue weighted by Gasteiger charge is -2.17. The second-order valence-electron chi connectivity index (χ2n) is 8.24. The van der Waals surface area contributed by atoms with E-state index in [9.17, 15) is 0 Å². The summed E-state index contributed by atoms with van der Waals surface area (Å²) in [6, 6.07) is 23.5. The van der Waals surface area contributed by atoms with Crippen molar-refractivity contribution < 1.29 is 0 Å². The number of hydrogen-bond donors (Lipinski definition) is 0. The van der Waals surface area contributed by atoms with Gasteiger partial charge in [0, 0.05) is 11.1 Å². The molecule has 4 rings (SSSR count). The first-order chi connectivity index (χ1) is 15.7. The van der Waals surface area contributed by atoms with E-state index in [1.54, 1.807) is 0 Å². The van der Waals surface area contributed by atoms with Crippen molar-refractivity contribution in [1.82, 2.24) is 0 Å². The van der Waals surface area contributed by atoms with Crippen molar-refractivity contribution in [3.05, 3.63) is 100 Å². The molecule has 2 heteroatoms. The molecule has 1 aliphatic rings. The molecule has 0 amide bonds. The summed E-state index contributed by atoms with van der Waals surface area (Å²) in [7, 11) is 0. The molecule has 0 fully saturated rings. The Kier molecular flexibility index (Phi) is 7.47. The molecule has 1 aliphatic carbocycles. The Morgan fingerprint density at radius 1 is 0.844 bits per heavy atom. The van der Waals surface area contributed by atoms with Crippen LogP contribution in [0.25, 0.3) is 11.6 Å². The third-order valence-corrected chi connectivity index (χ3v) is 6.01. The average Bonchev–Trinajstić information content (AvgIpc) is 2.84. The number of unbranched alkanes of at least 4 members (excludes halogenated alkanes) is 2. The Bertz CT molecular complexity index is 1210. The van der Waals surface area contributed by atoms with E-state index in [1.165, 1.54) is 47.1 Å². The standard InChI is InChI=1S/C30H27NS/c1-2-3-4-5-23-6-8-24(9-7-23)10-11-25-12-13-29-21-28(15-14-27(29)20-25)26-16-18-30(19-17-26)31-22-32/h6-9,12-13,16-21H,2-5,14-15H2,1H3. The molecule has 0 atom stereocenters. The first-order valence-corrected chi connectivity index (χ1v) is 11.8. The van der Waals surface area contributed by atoms with Gasteiger partial charge >= 0.3 is 0 Å². The van der Waals surface area contributed by atoms with Gasteiger partial charge in [0.15, 0.2) is 0 Å². The highest BCUT2D eigenvalue weighted by atomic mass is 32.1. The molecule has 3 aromatic rings. The van der Waals surface area contributed by atoms with Crippen molar-refractivity contribution >= 4 is 34.7 Å². The molecule has 0 bridgehead atoms. The molecule has 0 aromatic heterocycles.